The highest BCUT2D eigenvalue weighted by molar-refractivity contribution is 6.30. The van der Waals surface area contributed by atoms with Crippen LogP contribution in [0.2, 0.25) is 5.02 Å². The minimum absolute atomic E-state index is 0.333. The molecular weight excluding hydrogens is 320 g/mol. The molecule has 122 valence electrons. The topological polar surface area (TPSA) is 80.5 Å². The van der Waals surface area contributed by atoms with E-state index >= 15 is 0 Å². The summed E-state index contributed by atoms with van der Waals surface area (Å²) in [5.41, 5.74) is 0.882. The van der Waals surface area contributed by atoms with Crippen molar-refractivity contribution >= 4 is 17.6 Å². The van der Waals surface area contributed by atoms with Crippen LogP contribution in [0.3, 0.4) is 0 Å². The number of fused-ring (bicyclic) bond motifs is 1. The van der Waals surface area contributed by atoms with E-state index in [1.807, 2.05) is 22.5 Å². The number of aromatic nitrogens is 3. The van der Waals surface area contributed by atoms with Crippen LogP contribution in [0.1, 0.15) is 17.2 Å². The van der Waals surface area contributed by atoms with E-state index in [4.69, 9.17) is 16.3 Å². The van der Waals surface area contributed by atoms with E-state index in [1.54, 1.807) is 19.2 Å². The number of aliphatic carboxylic acids is 1. The predicted molar refractivity (Wildman–Crippen MR) is 83.4 cm³/mol. The van der Waals surface area contributed by atoms with E-state index in [2.05, 4.69) is 10.2 Å². The molecule has 1 atom stereocenters. The Bertz CT molecular complexity index is 746. The van der Waals surface area contributed by atoms with Crippen LogP contribution < -0.4 is 4.74 Å². The van der Waals surface area contributed by atoms with E-state index in [0.717, 1.165) is 17.2 Å². The van der Waals surface area contributed by atoms with Crippen molar-refractivity contribution in [2.24, 2.45) is 0 Å². The lowest BCUT2D eigenvalue weighted by Crippen LogP contribution is -2.47. The molecule has 0 aliphatic carbocycles. The van der Waals surface area contributed by atoms with E-state index < -0.39 is 12.0 Å². The maximum absolute atomic E-state index is 11.7. The summed E-state index contributed by atoms with van der Waals surface area (Å²) in [4.78, 5) is 13.5. The Hall–Kier alpha value is -2.12. The summed E-state index contributed by atoms with van der Waals surface area (Å²) in [6.07, 6.45) is 0. The number of benzene rings is 1. The molecule has 0 amide bonds. The Morgan fingerprint density at radius 3 is 2.96 bits per heavy atom. The minimum atomic E-state index is -0.864. The minimum Gasteiger partial charge on any atom is -0.496 e. The van der Waals surface area contributed by atoms with Crippen molar-refractivity contribution in [2.75, 3.05) is 7.11 Å². The predicted octanol–water partition coefficient (Wildman–Crippen LogP) is 1.72. The van der Waals surface area contributed by atoms with Crippen molar-refractivity contribution in [2.45, 2.75) is 32.6 Å². The first-order chi connectivity index (χ1) is 11.0. The molecular formula is C15H17ClN4O3. The quantitative estimate of drug-likeness (QED) is 0.915. The van der Waals surface area contributed by atoms with Crippen LogP contribution in [-0.2, 0) is 24.4 Å². The fraction of sp³-hybridized carbons (Fsp3) is 0.400. The van der Waals surface area contributed by atoms with Crippen LogP contribution in [0.15, 0.2) is 18.2 Å². The van der Waals surface area contributed by atoms with Crippen LogP contribution in [-0.4, -0.2) is 43.9 Å². The number of carboxylic acids is 1. The molecule has 0 saturated heterocycles. The number of nitrogens with zero attached hydrogens (tertiary/aromatic N) is 4. The van der Waals surface area contributed by atoms with Crippen molar-refractivity contribution < 1.29 is 14.6 Å². The molecule has 1 unspecified atom stereocenters. The second-order valence-corrected chi connectivity index (χ2v) is 5.93. The number of methoxy groups -OCH3 is 1. The molecule has 1 aromatic heterocycles. The molecule has 0 fully saturated rings. The average Bonchev–Trinajstić information content (AvgIpc) is 2.88. The van der Waals surface area contributed by atoms with Gasteiger partial charge in [-0.2, -0.15) is 0 Å². The molecule has 1 N–H and O–H groups in total. The first kappa shape index (κ1) is 15.8. The standard InChI is InChI=1S/C15H17ClN4O3/c1-9-17-18-14-8-19(12(15(21)22)7-20(9)14)6-10-3-4-11(16)5-13(10)23-2/h3-5,12H,6-8H2,1-2H3,(H,21,22). The summed E-state index contributed by atoms with van der Waals surface area (Å²) in [6.45, 7) is 3.01. The molecule has 1 aliphatic rings. The highest BCUT2D eigenvalue weighted by atomic mass is 35.5. The smallest absolute Gasteiger partial charge is 0.322 e. The van der Waals surface area contributed by atoms with Gasteiger partial charge < -0.3 is 14.4 Å². The normalized spacial score (nSPS) is 17.8. The van der Waals surface area contributed by atoms with Crippen molar-refractivity contribution in [3.63, 3.8) is 0 Å². The molecule has 1 aliphatic heterocycles. The summed E-state index contributed by atoms with van der Waals surface area (Å²) in [6, 6.07) is 4.71. The second-order valence-electron chi connectivity index (χ2n) is 5.49. The number of rotatable bonds is 4. The third kappa shape index (κ3) is 3.02. The molecule has 0 bridgehead atoms. The third-order valence-corrected chi connectivity index (χ3v) is 4.30. The van der Waals surface area contributed by atoms with Crippen molar-refractivity contribution in [3.05, 3.63) is 40.4 Å². The summed E-state index contributed by atoms with van der Waals surface area (Å²) >= 11 is 5.98. The summed E-state index contributed by atoms with van der Waals surface area (Å²) < 4.78 is 7.20. The van der Waals surface area contributed by atoms with Crippen molar-refractivity contribution in [1.82, 2.24) is 19.7 Å². The van der Waals surface area contributed by atoms with Gasteiger partial charge in [-0.1, -0.05) is 17.7 Å². The summed E-state index contributed by atoms with van der Waals surface area (Å²) in [5, 5.41) is 18.3. The average molecular weight is 337 g/mol. The maximum Gasteiger partial charge on any atom is 0.322 e. The highest BCUT2D eigenvalue weighted by Crippen LogP contribution is 2.27. The van der Waals surface area contributed by atoms with E-state index in [1.165, 1.54) is 0 Å². The van der Waals surface area contributed by atoms with Crippen molar-refractivity contribution in [3.8, 4) is 5.75 Å². The first-order valence-corrected chi connectivity index (χ1v) is 7.55. The third-order valence-electron chi connectivity index (χ3n) is 4.06. The largest absolute Gasteiger partial charge is 0.496 e. The van der Waals surface area contributed by atoms with E-state index in [9.17, 15) is 9.90 Å². The zero-order chi connectivity index (χ0) is 16.6. The SMILES string of the molecule is COc1cc(Cl)ccc1CN1Cc2nnc(C)n2CC1C(=O)O. The number of carbonyl (C=O) groups is 1. The van der Waals surface area contributed by atoms with Crippen LogP contribution in [0, 0.1) is 6.92 Å². The first-order valence-electron chi connectivity index (χ1n) is 7.17. The summed E-state index contributed by atoms with van der Waals surface area (Å²) in [7, 11) is 1.57. The Balaban J connectivity index is 1.90. The highest BCUT2D eigenvalue weighted by Gasteiger charge is 2.33. The lowest BCUT2D eigenvalue weighted by molar-refractivity contribution is -0.145. The van der Waals surface area contributed by atoms with Crippen molar-refractivity contribution in [1.29, 1.82) is 0 Å². The number of hydrogen-bond donors (Lipinski definition) is 1. The Kier molecular flexibility index (Phi) is 4.23. The van der Waals surface area contributed by atoms with Gasteiger partial charge in [0.2, 0.25) is 0 Å². The molecule has 2 aromatic rings. The molecule has 0 radical (unpaired) electrons. The van der Waals surface area contributed by atoms with Gasteiger partial charge in [0.1, 0.15) is 23.4 Å². The van der Waals surface area contributed by atoms with E-state index in [-0.39, 0.29) is 0 Å². The van der Waals surface area contributed by atoms with Gasteiger partial charge in [-0.15, -0.1) is 10.2 Å². The molecule has 3 rings (SSSR count). The van der Waals surface area contributed by atoms with Gasteiger partial charge in [-0.05, 0) is 19.1 Å². The Labute approximate surface area is 138 Å². The number of halogens is 1. The van der Waals surface area contributed by atoms with Crippen LogP contribution in [0.25, 0.3) is 0 Å². The second kappa shape index (κ2) is 6.17. The molecule has 8 heteroatoms. The molecule has 23 heavy (non-hydrogen) atoms. The van der Waals surface area contributed by atoms with Gasteiger partial charge in [0.15, 0.2) is 0 Å². The van der Waals surface area contributed by atoms with Gasteiger partial charge in [0.05, 0.1) is 20.2 Å². The number of hydrogen-bond acceptors (Lipinski definition) is 5. The molecule has 7 nitrogen and oxygen atoms in total. The van der Waals surface area contributed by atoms with Gasteiger partial charge in [0.25, 0.3) is 0 Å². The maximum atomic E-state index is 11.7. The fourth-order valence-corrected chi connectivity index (χ4v) is 2.99. The van der Waals surface area contributed by atoms with Gasteiger partial charge in [-0.25, -0.2) is 0 Å². The van der Waals surface area contributed by atoms with Crippen LogP contribution in [0.5, 0.6) is 5.75 Å². The van der Waals surface area contributed by atoms with E-state index in [0.29, 0.717) is 30.4 Å². The Morgan fingerprint density at radius 2 is 2.26 bits per heavy atom. The molecule has 0 spiro atoms. The monoisotopic (exact) mass is 336 g/mol. The fourth-order valence-electron chi connectivity index (χ4n) is 2.83. The zero-order valence-corrected chi connectivity index (χ0v) is 13.6. The summed E-state index contributed by atoms with van der Waals surface area (Å²) in [5.74, 6) is 1.28. The lowest BCUT2D eigenvalue weighted by Gasteiger charge is -2.33. The van der Waals surface area contributed by atoms with Gasteiger partial charge >= 0.3 is 5.97 Å². The van der Waals surface area contributed by atoms with Crippen LogP contribution in [0.4, 0.5) is 0 Å². The number of aryl methyl sites for hydroxylation is 1. The number of ether oxygens (including phenoxy) is 1. The molecule has 0 saturated carbocycles. The number of carboxylic acid groups (broad SMARTS) is 1. The lowest BCUT2D eigenvalue weighted by atomic mass is 10.1. The molecule has 1 aromatic carbocycles. The van der Waals surface area contributed by atoms with Gasteiger partial charge in [0, 0.05) is 17.1 Å². The van der Waals surface area contributed by atoms with Gasteiger partial charge in [-0.3, -0.25) is 9.69 Å². The Morgan fingerprint density at radius 1 is 1.48 bits per heavy atom. The zero-order valence-electron chi connectivity index (χ0n) is 12.9. The molecule has 2 heterocycles. The van der Waals surface area contributed by atoms with Crippen LogP contribution >= 0.6 is 11.6 Å².